The van der Waals surface area contributed by atoms with Crippen molar-refractivity contribution >= 4 is 10.2 Å². The fourth-order valence-electron chi connectivity index (χ4n) is 2.09. The Labute approximate surface area is 111 Å². The van der Waals surface area contributed by atoms with Gasteiger partial charge >= 0.3 is 0 Å². The van der Waals surface area contributed by atoms with Crippen molar-refractivity contribution in [2.24, 2.45) is 5.92 Å². The highest BCUT2D eigenvalue weighted by molar-refractivity contribution is 7.86. The second kappa shape index (κ2) is 5.86. The zero-order chi connectivity index (χ0) is 14.0. The lowest BCUT2D eigenvalue weighted by molar-refractivity contribution is 0.154. The maximum Gasteiger partial charge on any atom is 0.282 e. The van der Waals surface area contributed by atoms with Gasteiger partial charge in [0.1, 0.15) is 0 Å². The molecular weight excluding hydrogens is 252 g/mol. The van der Waals surface area contributed by atoms with Crippen LogP contribution in [0.5, 0.6) is 0 Å². The molecule has 0 bridgehead atoms. The topological polar surface area (TPSA) is 60.9 Å². The van der Waals surface area contributed by atoms with Crippen LogP contribution in [0.15, 0.2) is 0 Å². The van der Waals surface area contributed by atoms with Gasteiger partial charge in [0, 0.05) is 32.3 Å². The number of aliphatic hydroxyl groups is 1. The minimum absolute atomic E-state index is 0.0624. The lowest BCUT2D eigenvalue weighted by atomic mass is 10.0. The predicted octanol–water partition coefficient (Wildman–Crippen LogP) is 1.06. The molecule has 1 heterocycles. The van der Waals surface area contributed by atoms with Crippen LogP contribution in [0.3, 0.4) is 0 Å². The summed E-state index contributed by atoms with van der Waals surface area (Å²) in [5, 5.41) is 9.18. The Hall–Kier alpha value is -0.170. The Morgan fingerprint density at radius 1 is 1.44 bits per heavy atom. The zero-order valence-corrected chi connectivity index (χ0v) is 12.7. The van der Waals surface area contributed by atoms with Crippen LogP contribution in [-0.2, 0) is 10.2 Å². The van der Waals surface area contributed by atoms with E-state index in [1.807, 2.05) is 20.8 Å². The van der Waals surface area contributed by atoms with E-state index in [-0.39, 0.29) is 18.1 Å². The third kappa shape index (κ3) is 3.23. The van der Waals surface area contributed by atoms with Crippen molar-refractivity contribution in [1.82, 2.24) is 8.61 Å². The molecule has 0 aromatic carbocycles. The second-order valence-corrected chi connectivity index (χ2v) is 7.65. The first-order valence-electron chi connectivity index (χ1n) is 6.60. The van der Waals surface area contributed by atoms with Crippen molar-refractivity contribution in [1.29, 1.82) is 0 Å². The van der Waals surface area contributed by atoms with E-state index >= 15 is 0 Å². The first-order valence-corrected chi connectivity index (χ1v) is 8.00. The van der Waals surface area contributed by atoms with Gasteiger partial charge in [0.25, 0.3) is 10.2 Å². The van der Waals surface area contributed by atoms with E-state index in [1.165, 1.54) is 8.61 Å². The molecule has 1 N–H and O–H groups in total. The first kappa shape index (κ1) is 15.9. The molecule has 18 heavy (non-hydrogen) atoms. The van der Waals surface area contributed by atoms with E-state index in [1.54, 1.807) is 7.05 Å². The van der Waals surface area contributed by atoms with Crippen LogP contribution in [0.2, 0.25) is 0 Å². The molecule has 0 aliphatic carbocycles. The molecule has 1 aliphatic rings. The lowest BCUT2D eigenvalue weighted by Crippen LogP contribution is -2.53. The fraction of sp³-hybridized carbons (Fsp3) is 1.00. The van der Waals surface area contributed by atoms with Gasteiger partial charge in [-0.25, -0.2) is 0 Å². The Morgan fingerprint density at radius 2 is 2.06 bits per heavy atom. The molecule has 0 saturated carbocycles. The summed E-state index contributed by atoms with van der Waals surface area (Å²) in [6, 6.07) is 0. The highest BCUT2D eigenvalue weighted by atomic mass is 32.2. The summed E-state index contributed by atoms with van der Waals surface area (Å²) >= 11 is 0. The second-order valence-electron chi connectivity index (χ2n) is 5.69. The van der Waals surface area contributed by atoms with Crippen molar-refractivity contribution in [3.05, 3.63) is 0 Å². The Balaban J connectivity index is 2.86. The average molecular weight is 278 g/mol. The van der Waals surface area contributed by atoms with Crippen LogP contribution in [-0.4, -0.2) is 54.4 Å². The minimum Gasteiger partial charge on any atom is -0.396 e. The van der Waals surface area contributed by atoms with E-state index in [0.717, 1.165) is 19.3 Å². The van der Waals surface area contributed by atoms with Gasteiger partial charge in [-0.15, -0.1) is 0 Å². The van der Waals surface area contributed by atoms with Gasteiger partial charge in [0.15, 0.2) is 0 Å². The molecule has 0 radical (unpaired) electrons. The van der Waals surface area contributed by atoms with Crippen LogP contribution in [0.25, 0.3) is 0 Å². The van der Waals surface area contributed by atoms with Crippen molar-refractivity contribution in [3.8, 4) is 0 Å². The summed E-state index contributed by atoms with van der Waals surface area (Å²) in [7, 11) is -1.78. The van der Waals surface area contributed by atoms with E-state index < -0.39 is 10.2 Å². The van der Waals surface area contributed by atoms with Crippen molar-refractivity contribution < 1.29 is 13.5 Å². The molecule has 1 saturated heterocycles. The van der Waals surface area contributed by atoms with Gasteiger partial charge in [-0.05, 0) is 39.0 Å². The number of rotatable bonds is 5. The van der Waals surface area contributed by atoms with Crippen LogP contribution in [0.4, 0.5) is 0 Å². The van der Waals surface area contributed by atoms with E-state index in [0.29, 0.717) is 13.1 Å². The molecule has 0 spiro atoms. The highest BCUT2D eigenvalue weighted by Gasteiger charge is 2.37. The molecule has 108 valence electrons. The van der Waals surface area contributed by atoms with Crippen LogP contribution >= 0.6 is 0 Å². The first-order chi connectivity index (χ1) is 8.25. The number of nitrogens with zero attached hydrogens (tertiary/aromatic N) is 2. The molecule has 1 rings (SSSR count). The van der Waals surface area contributed by atoms with Crippen molar-refractivity contribution in [3.63, 3.8) is 0 Å². The highest BCUT2D eigenvalue weighted by Crippen LogP contribution is 2.26. The molecular formula is C12H26N2O3S. The molecule has 6 heteroatoms. The van der Waals surface area contributed by atoms with Crippen molar-refractivity contribution in [2.75, 3.05) is 26.7 Å². The third-order valence-corrected chi connectivity index (χ3v) is 6.30. The van der Waals surface area contributed by atoms with Gasteiger partial charge < -0.3 is 5.11 Å². The SMILES string of the molecule is CCC(C)(C)N(C)S(=O)(=O)N1CCCC(CO)C1. The van der Waals surface area contributed by atoms with Crippen molar-refractivity contribution in [2.45, 2.75) is 45.6 Å². The van der Waals surface area contributed by atoms with Gasteiger partial charge in [0.05, 0.1) is 0 Å². The Kier molecular flexibility index (Phi) is 5.17. The molecule has 1 aliphatic heterocycles. The summed E-state index contributed by atoms with van der Waals surface area (Å²) in [4.78, 5) is 0. The largest absolute Gasteiger partial charge is 0.396 e. The summed E-state index contributed by atoms with van der Waals surface area (Å²) in [6.07, 6.45) is 2.49. The molecule has 1 fully saturated rings. The number of aliphatic hydroxyl groups excluding tert-OH is 1. The molecule has 0 amide bonds. The number of hydrogen-bond acceptors (Lipinski definition) is 3. The maximum atomic E-state index is 12.5. The minimum atomic E-state index is -3.42. The molecule has 1 unspecified atom stereocenters. The third-order valence-electron chi connectivity index (χ3n) is 4.13. The van der Waals surface area contributed by atoms with E-state index in [4.69, 9.17) is 0 Å². The summed E-state index contributed by atoms with van der Waals surface area (Å²) in [5.74, 6) is 0.0756. The zero-order valence-electron chi connectivity index (χ0n) is 11.9. The fourth-order valence-corrected chi connectivity index (χ4v) is 3.95. The summed E-state index contributed by atoms with van der Waals surface area (Å²) < 4.78 is 28.0. The Bertz CT molecular complexity index is 368. The molecule has 5 nitrogen and oxygen atoms in total. The smallest absolute Gasteiger partial charge is 0.282 e. The van der Waals surface area contributed by atoms with Gasteiger partial charge in [-0.2, -0.15) is 17.0 Å². The Morgan fingerprint density at radius 3 is 2.56 bits per heavy atom. The maximum absolute atomic E-state index is 12.5. The predicted molar refractivity (Wildman–Crippen MR) is 72.4 cm³/mol. The number of hydrogen-bond donors (Lipinski definition) is 1. The van der Waals surface area contributed by atoms with Gasteiger partial charge in [-0.3, -0.25) is 0 Å². The molecule has 0 aromatic heterocycles. The molecule has 0 aromatic rings. The average Bonchev–Trinajstić information content (AvgIpc) is 2.37. The van der Waals surface area contributed by atoms with E-state index in [9.17, 15) is 13.5 Å². The standard InChI is InChI=1S/C12H26N2O3S/c1-5-12(2,3)13(4)18(16,17)14-8-6-7-11(9-14)10-15/h11,15H,5-10H2,1-4H3. The van der Waals surface area contributed by atoms with Crippen LogP contribution in [0, 0.1) is 5.92 Å². The monoisotopic (exact) mass is 278 g/mol. The van der Waals surface area contributed by atoms with E-state index in [2.05, 4.69) is 0 Å². The van der Waals surface area contributed by atoms with Crippen LogP contribution in [0.1, 0.15) is 40.0 Å². The quantitative estimate of drug-likeness (QED) is 0.818. The van der Waals surface area contributed by atoms with Gasteiger partial charge in [-0.1, -0.05) is 6.92 Å². The normalized spacial score (nSPS) is 23.6. The number of piperidine rings is 1. The lowest BCUT2D eigenvalue weighted by Gasteiger charge is -2.39. The van der Waals surface area contributed by atoms with Crippen LogP contribution < -0.4 is 0 Å². The molecule has 1 atom stereocenters. The van der Waals surface area contributed by atoms with Gasteiger partial charge in [0.2, 0.25) is 0 Å². The summed E-state index contributed by atoms with van der Waals surface area (Å²) in [6.45, 7) is 6.90. The summed E-state index contributed by atoms with van der Waals surface area (Å²) in [5.41, 5.74) is -0.384.